The molecular weight excluding hydrogens is 268 g/mol. The molecule has 0 saturated carbocycles. The number of aliphatic hydroxyl groups excluding tert-OH is 1. The summed E-state index contributed by atoms with van der Waals surface area (Å²) in [7, 11) is 1.57. The highest BCUT2D eigenvalue weighted by molar-refractivity contribution is 5.75. The number of carbonyl (C=O) groups excluding carboxylic acids is 1. The van der Waals surface area contributed by atoms with Crippen LogP contribution in [-0.2, 0) is 4.79 Å². The van der Waals surface area contributed by atoms with Crippen LogP contribution in [0, 0.1) is 5.92 Å². The molecule has 2 aromatic carbocycles. The maximum Gasteiger partial charge on any atom is 0.317 e. The van der Waals surface area contributed by atoms with Crippen LogP contribution in [0.1, 0.15) is 18.6 Å². The monoisotopic (exact) mass is 286 g/mol. The quantitative estimate of drug-likeness (QED) is 0.678. The molecule has 0 fully saturated rings. The molecule has 2 atom stereocenters. The van der Waals surface area contributed by atoms with E-state index in [1.807, 2.05) is 6.07 Å². The summed E-state index contributed by atoms with van der Waals surface area (Å²) in [5.41, 5.74) is 0.647. The molecule has 4 heteroatoms. The van der Waals surface area contributed by atoms with Crippen LogP contribution < -0.4 is 9.47 Å². The van der Waals surface area contributed by atoms with Crippen LogP contribution in [0.15, 0.2) is 54.6 Å². The highest BCUT2D eigenvalue weighted by atomic mass is 16.5. The van der Waals surface area contributed by atoms with Crippen molar-refractivity contribution in [1.82, 2.24) is 0 Å². The number of benzene rings is 2. The van der Waals surface area contributed by atoms with Gasteiger partial charge in [-0.1, -0.05) is 30.3 Å². The van der Waals surface area contributed by atoms with Gasteiger partial charge in [-0.3, -0.25) is 4.79 Å². The van der Waals surface area contributed by atoms with Gasteiger partial charge in [-0.2, -0.15) is 0 Å². The standard InChI is InChI=1S/C17H18O4/c1-12(17(19)21-15-6-4-3-5-7-15)16(18)13-8-10-14(20-2)11-9-13/h3-12,16,18H,1-2H3/t12-,16+/m0/s1. The first-order chi connectivity index (χ1) is 10.1. The van der Waals surface area contributed by atoms with Crippen molar-refractivity contribution in [2.75, 3.05) is 7.11 Å². The maximum absolute atomic E-state index is 12.0. The van der Waals surface area contributed by atoms with Crippen LogP contribution >= 0.6 is 0 Å². The number of hydrogen-bond donors (Lipinski definition) is 1. The summed E-state index contributed by atoms with van der Waals surface area (Å²) < 4.78 is 10.3. The molecule has 110 valence electrons. The van der Waals surface area contributed by atoms with E-state index in [0.717, 1.165) is 0 Å². The normalized spacial score (nSPS) is 13.3. The predicted molar refractivity (Wildman–Crippen MR) is 79.2 cm³/mol. The average molecular weight is 286 g/mol. The molecule has 2 aromatic rings. The second-order valence-electron chi connectivity index (χ2n) is 4.74. The summed E-state index contributed by atoms with van der Waals surface area (Å²) in [5.74, 6) is 0.0323. The first-order valence-corrected chi connectivity index (χ1v) is 6.70. The first-order valence-electron chi connectivity index (χ1n) is 6.70. The van der Waals surface area contributed by atoms with Gasteiger partial charge in [-0.15, -0.1) is 0 Å². The lowest BCUT2D eigenvalue weighted by Crippen LogP contribution is -2.24. The van der Waals surface area contributed by atoms with E-state index in [0.29, 0.717) is 17.1 Å². The van der Waals surface area contributed by atoms with E-state index in [9.17, 15) is 9.90 Å². The molecule has 4 nitrogen and oxygen atoms in total. The Morgan fingerprint density at radius 3 is 2.19 bits per heavy atom. The molecule has 0 bridgehead atoms. The molecule has 0 saturated heterocycles. The van der Waals surface area contributed by atoms with E-state index in [1.54, 1.807) is 62.6 Å². The van der Waals surface area contributed by atoms with Crippen molar-refractivity contribution in [3.05, 3.63) is 60.2 Å². The zero-order valence-electron chi connectivity index (χ0n) is 12.0. The van der Waals surface area contributed by atoms with Crippen LogP contribution in [0.25, 0.3) is 0 Å². The lowest BCUT2D eigenvalue weighted by Gasteiger charge is -2.18. The number of ether oxygens (including phenoxy) is 2. The molecule has 0 unspecified atom stereocenters. The van der Waals surface area contributed by atoms with Gasteiger partial charge in [-0.25, -0.2) is 0 Å². The Morgan fingerprint density at radius 1 is 1.00 bits per heavy atom. The number of methoxy groups -OCH3 is 1. The van der Waals surface area contributed by atoms with Crippen molar-refractivity contribution in [2.45, 2.75) is 13.0 Å². The lowest BCUT2D eigenvalue weighted by atomic mass is 9.97. The zero-order valence-corrected chi connectivity index (χ0v) is 12.0. The predicted octanol–water partition coefficient (Wildman–Crippen LogP) is 2.97. The third-order valence-corrected chi connectivity index (χ3v) is 3.26. The molecule has 0 aliphatic carbocycles. The van der Waals surface area contributed by atoms with E-state index < -0.39 is 18.0 Å². The van der Waals surface area contributed by atoms with Gasteiger partial charge in [0.2, 0.25) is 0 Å². The third-order valence-electron chi connectivity index (χ3n) is 3.26. The van der Waals surface area contributed by atoms with Crippen molar-refractivity contribution in [2.24, 2.45) is 5.92 Å². The van der Waals surface area contributed by atoms with Crippen molar-refractivity contribution in [3.63, 3.8) is 0 Å². The van der Waals surface area contributed by atoms with Crippen LogP contribution in [0.3, 0.4) is 0 Å². The average Bonchev–Trinajstić information content (AvgIpc) is 2.54. The minimum absolute atomic E-state index is 0.468. The van der Waals surface area contributed by atoms with Gasteiger partial charge in [0.25, 0.3) is 0 Å². The van der Waals surface area contributed by atoms with E-state index in [2.05, 4.69) is 0 Å². The molecule has 1 N–H and O–H groups in total. The van der Waals surface area contributed by atoms with Crippen molar-refractivity contribution < 1.29 is 19.4 Å². The van der Waals surface area contributed by atoms with E-state index in [-0.39, 0.29) is 0 Å². The van der Waals surface area contributed by atoms with Gasteiger partial charge in [0.05, 0.1) is 19.1 Å². The third kappa shape index (κ3) is 3.83. The lowest BCUT2D eigenvalue weighted by molar-refractivity contribution is -0.142. The summed E-state index contributed by atoms with van der Waals surface area (Å²) in [6.45, 7) is 1.64. The SMILES string of the molecule is COc1ccc([C@H](O)[C@H](C)C(=O)Oc2ccccc2)cc1. The van der Waals surface area contributed by atoms with Crippen LogP contribution in [0.4, 0.5) is 0 Å². The molecule has 0 radical (unpaired) electrons. The van der Waals surface area contributed by atoms with Gasteiger partial charge < -0.3 is 14.6 Å². The van der Waals surface area contributed by atoms with Crippen molar-refractivity contribution in [1.29, 1.82) is 0 Å². The number of rotatable bonds is 5. The minimum atomic E-state index is -0.924. The fourth-order valence-corrected chi connectivity index (χ4v) is 1.92. The Kier molecular flexibility index (Phi) is 4.95. The molecule has 0 heterocycles. The number of esters is 1. The fourth-order valence-electron chi connectivity index (χ4n) is 1.92. The van der Waals surface area contributed by atoms with E-state index in [1.165, 1.54) is 0 Å². The Balaban J connectivity index is 2.03. The molecule has 0 aliphatic rings. The summed E-state index contributed by atoms with van der Waals surface area (Å²) >= 11 is 0. The molecule has 2 rings (SSSR count). The second kappa shape index (κ2) is 6.90. The van der Waals surface area contributed by atoms with Crippen molar-refractivity contribution >= 4 is 5.97 Å². The summed E-state index contributed by atoms with van der Waals surface area (Å²) in [4.78, 5) is 12.0. The molecule has 0 spiro atoms. The molecule has 21 heavy (non-hydrogen) atoms. The zero-order chi connectivity index (χ0) is 15.2. The largest absolute Gasteiger partial charge is 0.497 e. The van der Waals surface area contributed by atoms with Gasteiger partial charge in [0.1, 0.15) is 11.5 Å². The van der Waals surface area contributed by atoms with Gasteiger partial charge in [0.15, 0.2) is 0 Å². The second-order valence-corrected chi connectivity index (χ2v) is 4.74. The number of aliphatic hydroxyl groups is 1. The molecular formula is C17H18O4. The molecule has 0 amide bonds. The Bertz CT molecular complexity index is 577. The number of para-hydroxylation sites is 1. The van der Waals surface area contributed by atoms with Gasteiger partial charge in [-0.05, 0) is 36.8 Å². The van der Waals surface area contributed by atoms with Gasteiger partial charge in [0, 0.05) is 0 Å². The van der Waals surface area contributed by atoms with Crippen LogP contribution in [0.5, 0.6) is 11.5 Å². The fraction of sp³-hybridized carbons (Fsp3) is 0.235. The first kappa shape index (κ1) is 15.1. The number of hydrogen-bond acceptors (Lipinski definition) is 4. The van der Waals surface area contributed by atoms with Crippen LogP contribution in [0.2, 0.25) is 0 Å². The van der Waals surface area contributed by atoms with E-state index >= 15 is 0 Å². The molecule has 0 aliphatic heterocycles. The highest BCUT2D eigenvalue weighted by Crippen LogP contribution is 2.25. The summed E-state index contributed by atoms with van der Waals surface area (Å²) in [6, 6.07) is 15.8. The highest BCUT2D eigenvalue weighted by Gasteiger charge is 2.25. The van der Waals surface area contributed by atoms with Gasteiger partial charge >= 0.3 is 5.97 Å². The topological polar surface area (TPSA) is 55.8 Å². The smallest absolute Gasteiger partial charge is 0.317 e. The molecule has 0 aromatic heterocycles. The Hall–Kier alpha value is -2.33. The number of carbonyl (C=O) groups is 1. The van der Waals surface area contributed by atoms with E-state index in [4.69, 9.17) is 9.47 Å². The summed E-state index contributed by atoms with van der Waals surface area (Å²) in [5, 5.41) is 10.3. The van der Waals surface area contributed by atoms with Crippen molar-refractivity contribution in [3.8, 4) is 11.5 Å². The minimum Gasteiger partial charge on any atom is -0.497 e. The Morgan fingerprint density at radius 2 is 1.62 bits per heavy atom. The summed E-state index contributed by atoms with van der Waals surface area (Å²) in [6.07, 6.45) is -0.924. The Labute approximate surface area is 123 Å². The van der Waals surface area contributed by atoms with Crippen LogP contribution in [-0.4, -0.2) is 18.2 Å². The maximum atomic E-state index is 12.0.